The number of hydrogen-bond acceptors (Lipinski definition) is 6. The number of amides is 1. The Morgan fingerprint density at radius 1 is 1.10 bits per heavy atom. The largest absolute Gasteiger partial charge is 0.439 e. The van der Waals surface area contributed by atoms with Gasteiger partial charge in [-0.25, -0.2) is 9.78 Å². The molecule has 1 saturated carbocycles. The van der Waals surface area contributed by atoms with Gasteiger partial charge in [-0.3, -0.25) is 18.9 Å². The molecule has 1 aliphatic rings. The van der Waals surface area contributed by atoms with Gasteiger partial charge in [0.25, 0.3) is 5.91 Å². The number of oxazole rings is 1. The Balaban J connectivity index is 1.21. The van der Waals surface area contributed by atoms with E-state index in [0.29, 0.717) is 58.0 Å². The van der Waals surface area contributed by atoms with Crippen LogP contribution in [0.3, 0.4) is 0 Å². The fourth-order valence-electron chi connectivity index (χ4n) is 5.51. The van der Waals surface area contributed by atoms with E-state index in [0.717, 1.165) is 36.7 Å². The van der Waals surface area contributed by atoms with E-state index in [1.165, 1.54) is 0 Å². The van der Waals surface area contributed by atoms with Gasteiger partial charge in [-0.15, -0.1) is 0 Å². The van der Waals surface area contributed by atoms with E-state index >= 15 is 0 Å². The normalized spacial score (nSPS) is 17.6. The third-order valence-corrected chi connectivity index (χ3v) is 7.80. The number of hydrogen-bond donors (Lipinski definition) is 1. The molecule has 1 aromatic carbocycles. The summed E-state index contributed by atoms with van der Waals surface area (Å²) < 4.78 is 9.36. The average Bonchev–Trinajstić information content (AvgIpc) is 3.48. The zero-order valence-electron chi connectivity index (χ0n) is 21.9. The van der Waals surface area contributed by atoms with Crippen molar-refractivity contribution in [2.24, 2.45) is 5.92 Å². The minimum atomic E-state index is -0.145. The number of rotatable bonds is 6. The molecule has 0 spiro atoms. The molecule has 0 aliphatic heterocycles. The van der Waals surface area contributed by atoms with Crippen LogP contribution in [0.25, 0.3) is 28.0 Å². The summed E-state index contributed by atoms with van der Waals surface area (Å²) in [6.45, 7) is 4.39. The summed E-state index contributed by atoms with van der Waals surface area (Å²) in [6.07, 6.45) is 7.42. The van der Waals surface area contributed by atoms with Crippen molar-refractivity contribution in [1.82, 2.24) is 29.4 Å². The maximum atomic E-state index is 13.8. The Morgan fingerprint density at radius 3 is 2.64 bits per heavy atom. The van der Waals surface area contributed by atoms with Crippen LogP contribution < -0.4 is 11.0 Å². The lowest BCUT2D eigenvalue weighted by atomic mass is 9.85. The summed E-state index contributed by atoms with van der Waals surface area (Å²) in [5.74, 6) is 0.802. The van der Waals surface area contributed by atoms with Crippen LogP contribution in [-0.4, -0.2) is 36.0 Å². The molecule has 10 heteroatoms. The fraction of sp³-hybridized carbons (Fsp3) is 0.345. The summed E-state index contributed by atoms with van der Waals surface area (Å²) >= 11 is 6.04. The summed E-state index contributed by atoms with van der Waals surface area (Å²) in [5.41, 5.74) is 4.53. The highest BCUT2D eigenvalue weighted by molar-refractivity contribution is 6.30. The number of imidazole rings is 1. The van der Waals surface area contributed by atoms with E-state index in [-0.39, 0.29) is 17.6 Å². The highest BCUT2D eigenvalue weighted by Gasteiger charge is 2.26. The second-order valence-electron chi connectivity index (χ2n) is 10.2. The van der Waals surface area contributed by atoms with Crippen molar-refractivity contribution < 1.29 is 9.21 Å². The van der Waals surface area contributed by atoms with Crippen LogP contribution in [0, 0.1) is 12.8 Å². The Bertz CT molecular complexity index is 1750. The first-order valence-corrected chi connectivity index (χ1v) is 13.7. The molecular formula is C29H29ClN6O3. The molecular weight excluding hydrogens is 516 g/mol. The molecule has 39 heavy (non-hydrogen) atoms. The Morgan fingerprint density at radius 2 is 1.87 bits per heavy atom. The molecule has 0 unspecified atom stereocenters. The number of aromatic nitrogens is 5. The van der Waals surface area contributed by atoms with Gasteiger partial charge < -0.3 is 9.73 Å². The summed E-state index contributed by atoms with van der Waals surface area (Å²) in [7, 11) is 0. The van der Waals surface area contributed by atoms with Crippen molar-refractivity contribution in [3.63, 3.8) is 0 Å². The fourth-order valence-corrected chi connectivity index (χ4v) is 5.67. The van der Waals surface area contributed by atoms with E-state index in [2.05, 4.69) is 20.3 Å². The van der Waals surface area contributed by atoms with E-state index in [1.54, 1.807) is 30.0 Å². The molecule has 0 bridgehead atoms. The standard InChI is InChI=1S/C29H29ClN6O3/c1-3-26-34-27-25(39-26)13-21(15-32-27)36-24-7-5-4-6-23(24)35(29(36)38)16-18-8-10-20(11-9-18)33-28(37)22-12-19(30)14-31-17(22)2/h4-7,12-15,18,20H,3,8-11,16H2,1-2H3,(H,33,37)/t18-,20-. The Kier molecular flexibility index (Phi) is 6.68. The van der Waals surface area contributed by atoms with Crippen LogP contribution >= 0.6 is 11.6 Å². The van der Waals surface area contributed by atoms with Gasteiger partial charge in [-0.05, 0) is 56.7 Å². The van der Waals surface area contributed by atoms with Crippen molar-refractivity contribution in [1.29, 1.82) is 0 Å². The quantitative estimate of drug-likeness (QED) is 0.313. The SMILES string of the molecule is CCc1nc2ncc(-n3c(=O)n(C[C@H]4CC[C@H](NC(=O)c5cc(Cl)cnc5C)CC4)c4ccccc43)cc2o1. The van der Waals surface area contributed by atoms with Crippen LogP contribution in [-0.2, 0) is 13.0 Å². The number of nitrogens with zero attached hydrogens (tertiary/aromatic N) is 5. The van der Waals surface area contributed by atoms with Crippen molar-refractivity contribution in [3.8, 4) is 5.69 Å². The zero-order valence-corrected chi connectivity index (χ0v) is 22.6. The Hall–Kier alpha value is -3.98. The van der Waals surface area contributed by atoms with Gasteiger partial charge in [0, 0.05) is 31.3 Å². The van der Waals surface area contributed by atoms with Crippen LogP contribution in [0.5, 0.6) is 0 Å². The highest BCUT2D eigenvalue weighted by atomic mass is 35.5. The number of aryl methyl sites for hydroxylation is 2. The number of carbonyl (C=O) groups excluding carboxylic acids is 1. The number of fused-ring (bicyclic) bond motifs is 2. The van der Waals surface area contributed by atoms with Gasteiger partial charge in [-0.1, -0.05) is 30.7 Å². The number of carbonyl (C=O) groups is 1. The van der Waals surface area contributed by atoms with E-state index in [1.807, 2.05) is 41.8 Å². The molecule has 4 heterocycles. The first-order valence-electron chi connectivity index (χ1n) is 13.3. The molecule has 200 valence electrons. The molecule has 0 atom stereocenters. The highest BCUT2D eigenvalue weighted by Crippen LogP contribution is 2.28. The van der Waals surface area contributed by atoms with Crippen molar-refractivity contribution in [2.45, 2.75) is 58.5 Å². The lowest BCUT2D eigenvalue weighted by molar-refractivity contribution is 0.0919. The minimum Gasteiger partial charge on any atom is -0.439 e. The molecule has 6 rings (SSSR count). The molecule has 1 fully saturated rings. The second-order valence-corrected chi connectivity index (χ2v) is 10.6. The van der Waals surface area contributed by atoms with Gasteiger partial charge in [0.05, 0.1) is 39.2 Å². The summed E-state index contributed by atoms with van der Waals surface area (Å²) in [6, 6.07) is 11.4. The Labute approximate surface area is 229 Å². The lowest BCUT2D eigenvalue weighted by Crippen LogP contribution is -2.39. The summed E-state index contributed by atoms with van der Waals surface area (Å²) in [5, 5.41) is 3.59. The monoisotopic (exact) mass is 544 g/mol. The number of para-hydroxylation sites is 2. The number of benzene rings is 1. The summed E-state index contributed by atoms with van der Waals surface area (Å²) in [4.78, 5) is 39.6. The van der Waals surface area contributed by atoms with Crippen LogP contribution in [0.15, 0.2) is 58.0 Å². The van der Waals surface area contributed by atoms with Crippen molar-refractivity contribution in [3.05, 3.63) is 81.4 Å². The third kappa shape index (κ3) is 4.83. The van der Waals surface area contributed by atoms with Gasteiger partial charge in [0.1, 0.15) is 0 Å². The molecule has 1 aliphatic carbocycles. The van der Waals surface area contributed by atoms with E-state index in [4.69, 9.17) is 16.0 Å². The van der Waals surface area contributed by atoms with Gasteiger partial charge in [-0.2, -0.15) is 4.98 Å². The molecule has 1 N–H and O–H groups in total. The number of halogens is 1. The first kappa shape index (κ1) is 25.3. The maximum Gasteiger partial charge on any atom is 0.333 e. The molecule has 5 aromatic rings. The maximum absolute atomic E-state index is 13.8. The topological polar surface area (TPSA) is 108 Å². The number of pyridine rings is 2. The van der Waals surface area contributed by atoms with Crippen LogP contribution in [0.1, 0.15) is 54.5 Å². The lowest BCUT2D eigenvalue weighted by Gasteiger charge is -2.29. The third-order valence-electron chi connectivity index (χ3n) is 7.59. The van der Waals surface area contributed by atoms with Crippen LogP contribution in [0.2, 0.25) is 5.02 Å². The first-order chi connectivity index (χ1) is 18.9. The van der Waals surface area contributed by atoms with Crippen molar-refractivity contribution >= 4 is 39.8 Å². The molecule has 1 amide bonds. The molecule has 0 radical (unpaired) electrons. The second kappa shape index (κ2) is 10.3. The minimum absolute atomic E-state index is 0.0814. The predicted molar refractivity (Wildman–Crippen MR) is 149 cm³/mol. The van der Waals surface area contributed by atoms with Gasteiger partial charge in [0.15, 0.2) is 17.1 Å². The smallest absolute Gasteiger partial charge is 0.333 e. The van der Waals surface area contributed by atoms with Crippen molar-refractivity contribution in [2.75, 3.05) is 0 Å². The predicted octanol–water partition coefficient (Wildman–Crippen LogP) is 5.24. The molecule has 4 aromatic heterocycles. The van der Waals surface area contributed by atoms with Crippen LogP contribution in [0.4, 0.5) is 0 Å². The molecule has 0 saturated heterocycles. The van der Waals surface area contributed by atoms with E-state index < -0.39 is 0 Å². The number of nitrogens with one attached hydrogen (secondary N) is 1. The molecule has 9 nitrogen and oxygen atoms in total. The van der Waals surface area contributed by atoms with E-state index in [9.17, 15) is 9.59 Å². The average molecular weight is 545 g/mol. The van der Waals surface area contributed by atoms with Gasteiger partial charge >= 0.3 is 5.69 Å². The zero-order chi connectivity index (χ0) is 27.1. The van der Waals surface area contributed by atoms with Gasteiger partial charge in [0.2, 0.25) is 0 Å².